The topological polar surface area (TPSA) is 106 Å². The van der Waals surface area contributed by atoms with Gasteiger partial charge in [-0.2, -0.15) is 0 Å². The highest BCUT2D eigenvalue weighted by Gasteiger charge is 2.57. The molecular weight excluding hydrogens is 609 g/mol. The Bertz CT molecular complexity index is 1530. The molecule has 3 atom stereocenters. The van der Waals surface area contributed by atoms with Crippen LogP contribution in [0.5, 0.6) is 0 Å². The molecule has 230 valence electrons. The maximum absolute atomic E-state index is 14.2. The lowest BCUT2D eigenvalue weighted by atomic mass is 9.84. The van der Waals surface area contributed by atoms with Crippen LogP contribution < -0.4 is 0 Å². The number of carbonyl (C=O) groups is 4. The number of Topliss-reactive ketones (excluding diaryl/α,β-unsaturated/α-hetero) is 3. The SMILES string of the molecule is CC(C)C[C@H](CC(=O)[C@@H]1C[C@@H](S(=O)(=O)c2ccccc2Cl)CN1C(=O)C1(c2ccc(Cl)cc2)CC1)C(=O)C(=O)CC1CC1. The van der Waals surface area contributed by atoms with E-state index >= 15 is 0 Å². The van der Waals surface area contributed by atoms with Crippen LogP contribution in [-0.4, -0.2) is 54.4 Å². The van der Waals surface area contributed by atoms with Gasteiger partial charge in [-0.05, 0) is 80.2 Å². The van der Waals surface area contributed by atoms with E-state index in [2.05, 4.69) is 0 Å². The number of hydrogen-bond acceptors (Lipinski definition) is 6. The summed E-state index contributed by atoms with van der Waals surface area (Å²) in [6, 6.07) is 12.1. The third-order valence-electron chi connectivity index (χ3n) is 9.05. The van der Waals surface area contributed by atoms with Gasteiger partial charge in [0.1, 0.15) is 0 Å². The molecular formula is C33H37Cl2NO6S. The molecule has 2 saturated carbocycles. The quantitative estimate of drug-likeness (QED) is 0.246. The van der Waals surface area contributed by atoms with E-state index in [1.165, 1.54) is 17.0 Å². The second-order valence-corrected chi connectivity index (χ2v) is 15.9. The minimum atomic E-state index is -4.00. The first-order valence-electron chi connectivity index (χ1n) is 15.0. The number of hydrogen-bond donors (Lipinski definition) is 0. The minimum absolute atomic E-state index is 0.0421. The van der Waals surface area contributed by atoms with Crippen molar-refractivity contribution in [3.05, 3.63) is 64.1 Å². The van der Waals surface area contributed by atoms with Crippen LogP contribution in [-0.2, 0) is 34.4 Å². The third kappa shape index (κ3) is 6.76. The molecule has 0 N–H and O–H groups in total. The summed E-state index contributed by atoms with van der Waals surface area (Å²) >= 11 is 12.4. The Labute approximate surface area is 263 Å². The van der Waals surface area contributed by atoms with E-state index in [0.29, 0.717) is 24.3 Å². The number of ketones is 3. The van der Waals surface area contributed by atoms with Gasteiger partial charge in [0.25, 0.3) is 0 Å². The molecule has 1 heterocycles. The van der Waals surface area contributed by atoms with E-state index in [4.69, 9.17) is 23.2 Å². The Morgan fingerprint density at radius 2 is 1.63 bits per heavy atom. The predicted molar refractivity (Wildman–Crippen MR) is 165 cm³/mol. The first-order chi connectivity index (χ1) is 20.3. The zero-order valence-electron chi connectivity index (χ0n) is 24.4. The zero-order valence-corrected chi connectivity index (χ0v) is 26.8. The summed E-state index contributed by atoms with van der Waals surface area (Å²) in [5.74, 6) is -2.18. The van der Waals surface area contributed by atoms with E-state index in [1.807, 2.05) is 13.8 Å². The van der Waals surface area contributed by atoms with Crippen molar-refractivity contribution in [2.45, 2.75) is 86.8 Å². The van der Waals surface area contributed by atoms with Gasteiger partial charge in [0.05, 0.1) is 26.6 Å². The first-order valence-corrected chi connectivity index (χ1v) is 17.3. The molecule has 0 bridgehead atoms. The summed E-state index contributed by atoms with van der Waals surface area (Å²) in [6.45, 7) is 3.69. The highest BCUT2D eigenvalue weighted by Crippen LogP contribution is 2.51. The maximum Gasteiger partial charge on any atom is 0.233 e. The van der Waals surface area contributed by atoms with Crippen LogP contribution in [0.1, 0.15) is 70.8 Å². The monoisotopic (exact) mass is 645 g/mol. The molecule has 2 aliphatic carbocycles. The van der Waals surface area contributed by atoms with E-state index in [-0.39, 0.29) is 53.5 Å². The molecule has 10 heteroatoms. The molecule has 3 aliphatic rings. The highest BCUT2D eigenvalue weighted by molar-refractivity contribution is 7.92. The third-order valence-corrected chi connectivity index (χ3v) is 11.9. The van der Waals surface area contributed by atoms with E-state index in [9.17, 15) is 27.6 Å². The summed E-state index contributed by atoms with van der Waals surface area (Å²) in [5.41, 5.74) is -0.0939. The lowest BCUT2D eigenvalue weighted by molar-refractivity contribution is -0.142. The van der Waals surface area contributed by atoms with Crippen molar-refractivity contribution in [2.75, 3.05) is 6.54 Å². The van der Waals surface area contributed by atoms with Gasteiger partial charge in [-0.15, -0.1) is 0 Å². The van der Waals surface area contributed by atoms with Crippen molar-refractivity contribution in [3.63, 3.8) is 0 Å². The molecule has 1 amide bonds. The normalized spacial score (nSPS) is 21.9. The van der Waals surface area contributed by atoms with Gasteiger partial charge in [-0.3, -0.25) is 19.2 Å². The Hall–Kier alpha value is -2.55. The molecule has 1 saturated heterocycles. The van der Waals surface area contributed by atoms with Gasteiger partial charge in [0.15, 0.2) is 21.4 Å². The smallest absolute Gasteiger partial charge is 0.233 e. The molecule has 3 fully saturated rings. The lowest BCUT2D eigenvalue weighted by Gasteiger charge is -2.29. The summed E-state index contributed by atoms with van der Waals surface area (Å²) in [4.78, 5) is 55.6. The molecule has 1 aliphatic heterocycles. The fourth-order valence-corrected chi connectivity index (χ4v) is 8.69. The standard InChI is InChI=1S/C33H37Cl2NO6S/c1-20(2)15-22(31(39)29(38)16-21-7-8-21)17-28(37)27-18-25(43(41,42)30-6-4-3-5-26(30)35)19-36(27)32(40)33(13-14-33)23-9-11-24(34)12-10-23/h3-6,9-12,20-22,25,27H,7-8,13-19H2,1-2H3/t22-,25-,27+/m1/s1. The lowest BCUT2D eigenvalue weighted by Crippen LogP contribution is -2.46. The second kappa shape index (κ2) is 12.4. The van der Waals surface area contributed by atoms with Crippen LogP contribution in [0.2, 0.25) is 10.0 Å². The largest absolute Gasteiger partial charge is 0.331 e. The van der Waals surface area contributed by atoms with Crippen molar-refractivity contribution in [2.24, 2.45) is 17.8 Å². The van der Waals surface area contributed by atoms with Crippen LogP contribution in [0.4, 0.5) is 0 Å². The van der Waals surface area contributed by atoms with Gasteiger partial charge >= 0.3 is 0 Å². The second-order valence-electron chi connectivity index (χ2n) is 12.8. The van der Waals surface area contributed by atoms with Crippen LogP contribution in [0.15, 0.2) is 53.4 Å². The highest BCUT2D eigenvalue weighted by atomic mass is 35.5. The number of amides is 1. The molecule has 2 aromatic rings. The van der Waals surface area contributed by atoms with E-state index in [1.54, 1.807) is 36.4 Å². The van der Waals surface area contributed by atoms with Crippen molar-refractivity contribution >= 4 is 56.3 Å². The summed E-state index contributed by atoms with van der Waals surface area (Å²) in [7, 11) is -4.00. The fourth-order valence-electron chi connectivity index (χ4n) is 6.35. The summed E-state index contributed by atoms with van der Waals surface area (Å²) in [6.07, 6.45) is 3.25. The maximum atomic E-state index is 14.2. The number of rotatable bonds is 13. The van der Waals surface area contributed by atoms with E-state index in [0.717, 1.165) is 18.4 Å². The number of likely N-dealkylation sites (tertiary alicyclic amines) is 1. The summed E-state index contributed by atoms with van der Waals surface area (Å²) in [5, 5.41) is -0.446. The molecule has 0 spiro atoms. The molecule has 2 aromatic carbocycles. The minimum Gasteiger partial charge on any atom is -0.331 e. The van der Waals surface area contributed by atoms with Crippen molar-refractivity contribution in [1.82, 2.24) is 4.90 Å². The fraction of sp³-hybridized carbons (Fsp3) is 0.515. The summed E-state index contributed by atoms with van der Waals surface area (Å²) < 4.78 is 27.6. The number of benzene rings is 2. The van der Waals surface area contributed by atoms with Crippen molar-refractivity contribution < 1.29 is 27.6 Å². The van der Waals surface area contributed by atoms with Crippen LogP contribution in [0, 0.1) is 17.8 Å². The first kappa shape index (κ1) is 31.9. The van der Waals surface area contributed by atoms with E-state index < -0.39 is 49.8 Å². The molecule has 0 radical (unpaired) electrons. The number of carbonyl (C=O) groups excluding carboxylic acids is 4. The van der Waals surface area contributed by atoms with Crippen LogP contribution in [0.25, 0.3) is 0 Å². The molecule has 5 rings (SSSR count). The van der Waals surface area contributed by atoms with Crippen LogP contribution >= 0.6 is 23.2 Å². The molecule has 0 aromatic heterocycles. The number of sulfone groups is 1. The Morgan fingerprint density at radius 3 is 2.21 bits per heavy atom. The molecule has 0 unspecified atom stereocenters. The number of halogens is 2. The predicted octanol–water partition coefficient (Wildman–Crippen LogP) is 6.03. The van der Waals surface area contributed by atoms with Gasteiger partial charge < -0.3 is 4.90 Å². The molecule has 43 heavy (non-hydrogen) atoms. The number of nitrogens with zero attached hydrogens (tertiary/aromatic N) is 1. The van der Waals surface area contributed by atoms with Gasteiger partial charge in [-0.25, -0.2) is 8.42 Å². The van der Waals surface area contributed by atoms with Crippen molar-refractivity contribution in [3.8, 4) is 0 Å². The average molecular weight is 647 g/mol. The average Bonchev–Trinajstić information content (AvgIpc) is 3.89. The van der Waals surface area contributed by atoms with Crippen molar-refractivity contribution in [1.29, 1.82) is 0 Å². The molecule has 7 nitrogen and oxygen atoms in total. The van der Waals surface area contributed by atoms with Gasteiger partial charge in [0.2, 0.25) is 11.7 Å². The van der Waals surface area contributed by atoms with Gasteiger partial charge in [0, 0.05) is 30.3 Å². The van der Waals surface area contributed by atoms with Gasteiger partial charge in [-0.1, -0.05) is 61.3 Å². The Kier molecular flexibility index (Phi) is 9.22. The zero-order chi connectivity index (χ0) is 31.1. The Balaban J connectivity index is 1.45. The van der Waals surface area contributed by atoms with Crippen LogP contribution in [0.3, 0.4) is 0 Å². The Morgan fingerprint density at radius 1 is 0.977 bits per heavy atom.